The molecule has 1 unspecified atom stereocenters. The second-order valence-electron chi connectivity index (χ2n) is 7.25. The number of nitrogens with one attached hydrogen (secondary N) is 2. The van der Waals surface area contributed by atoms with Gasteiger partial charge in [-0.25, -0.2) is 4.98 Å². The minimum atomic E-state index is -4.45. The maximum Gasteiger partial charge on any atom is 0.416 e. The highest BCUT2D eigenvalue weighted by atomic mass is 19.4. The predicted molar refractivity (Wildman–Crippen MR) is 107 cm³/mol. The molecule has 1 aromatic carbocycles. The van der Waals surface area contributed by atoms with Crippen LogP contribution in [-0.2, 0) is 18.0 Å². The fraction of sp³-hybridized carbons (Fsp3) is 0.238. The van der Waals surface area contributed by atoms with E-state index in [4.69, 9.17) is 4.74 Å². The highest BCUT2D eigenvalue weighted by molar-refractivity contribution is 5.96. The zero-order valence-corrected chi connectivity index (χ0v) is 16.8. The third-order valence-electron chi connectivity index (χ3n) is 4.81. The smallest absolute Gasteiger partial charge is 0.416 e. The summed E-state index contributed by atoms with van der Waals surface area (Å²) in [6.07, 6.45) is -1.27. The molecular weight excluding hydrogens is 427 g/mol. The number of benzene rings is 1. The molecule has 2 N–H and O–H groups in total. The maximum atomic E-state index is 12.8. The first-order valence-electron chi connectivity index (χ1n) is 9.62. The molecule has 2 amide bonds. The first-order valence-corrected chi connectivity index (χ1v) is 9.62. The number of amides is 2. The van der Waals surface area contributed by atoms with E-state index in [0.29, 0.717) is 17.8 Å². The molecule has 1 aliphatic rings. The SMILES string of the molecule is Cn1ccc(-c2cc(C(=O)NC3CNC(=O)C3)cnc2Oc2ccc(C(F)(F)F)cc2)n1. The van der Waals surface area contributed by atoms with Gasteiger partial charge in [0.05, 0.1) is 28.4 Å². The van der Waals surface area contributed by atoms with Gasteiger partial charge >= 0.3 is 6.18 Å². The molecule has 0 aliphatic carbocycles. The van der Waals surface area contributed by atoms with Crippen LogP contribution in [0.25, 0.3) is 11.3 Å². The fourth-order valence-corrected chi connectivity index (χ4v) is 3.20. The van der Waals surface area contributed by atoms with Crippen molar-refractivity contribution in [3.63, 3.8) is 0 Å². The Morgan fingerprint density at radius 2 is 2.00 bits per heavy atom. The summed E-state index contributed by atoms with van der Waals surface area (Å²) in [4.78, 5) is 28.2. The van der Waals surface area contributed by atoms with E-state index in [2.05, 4.69) is 20.7 Å². The summed E-state index contributed by atoms with van der Waals surface area (Å²) in [6.45, 7) is 0.347. The van der Waals surface area contributed by atoms with Crippen LogP contribution >= 0.6 is 0 Å². The van der Waals surface area contributed by atoms with E-state index in [9.17, 15) is 22.8 Å². The molecule has 32 heavy (non-hydrogen) atoms. The molecule has 1 saturated heterocycles. The summed E-state index contributed by atoms with van der Waals surface area (Å²) in [7, 11) is 1.72. The van der Waals surface area contributed by atoms with Crippen molar-refractivity contribution in [1.29, 1.82) is 0 Å². The Morgan fingerprint density at radius 1 is 1.25 bits per heavy atom. The zero-order valence-electron chi connectivity index (χ0n) is 16.8. The quantitative estimate of drug-likeness (QED) is 0.630. The molecule has 1 aliphatic heterocycles. The lowest BCUT2D eigenvalue weighted by Crippen LogP contribution is -2.36. The molecule has 3 aromatic rings. The van der Waals surface area contributed by atoms with Crippen molar-refractivity contribution in [2.45, 2.75) is 18.6 Å². The molecule has 11 heteroatoms. The second kappa shape index (κ2) is 8.33. The van der Waals surface area contributed by atoms with Crippen LogP contribution in [0.2, 0.25) is 0 Å². The number of pyridine rings is 1. The molecule has 0 radical (unpaired) electrons. The Kier molecular flexibility index (Phi) is 5.56. The molecule has 0 bridgehead atoms. The normalized spacial score (nSPS) is 16.0. The number of ether oxygens (including phenoxy) is 1. The van der Waals surface area contributed by atoms with E-state index in [1.54, 1.807) is 24.0 Å². The van der Waals surface area contributed by atoms with Crippen molar-refractivity contribution in [3.8, 4) is 22.9 Å². The van der Waals surface area contributed by atoms with Crippen molar-refractivity contribution in [2.24, 2.45) is 7.05 Å². The van der Waals surface area contributed by atoms with Crippen LogP contribution in [0, 0.1) is 0 Å². The molecule has 3 heterocycles. The largest absolute Gasteiger partial charge is 0.438 e. The lowest BCUT2D eigenvalue weighted by atomic mass is 10.1. The van der Waals surface area contributed by atoms with E-state index in [-0.39, 0.29) is 35.6 Å². The minimum absolute atomic E-state index is 0.0812. The van der Waals surface area contributed by atoms with Gasteiger partial charge in [0.15, 0.2) is 0 Å². The second-order valence-corrected chi connectivity index (χ2v) is 7.25. The highest BCUT2D eigenvalue weighted by Crippen LogP contribution is 2.34. The van der Waals surface area contributed by atoms with Gasteiger partial charge in [-0.05, 0) is 36.4 Å². The van der Waals surface area contributed by atoms with Crippen molar-refractivity contribution in [1.82, 2.24) is 25.4 Å². The average Bonchev–Trinajstić information content (AvgIpc) is 3.36. The number of aryl methyl sites for hydroxylation is 1. The maximum absolute atomic E-state index is 12.8. The summed E-state index contributed by atoms with van der Waals surface area (Å²) in [5.74, 6) is -0.326. The van der Waals surface area contributed by atoms with Crippen LogP contribution in [0.5, 0.6) is 11.6 Å². The van der Waals surface area contributed by atoms with Gasteiger partial charge in [0.1, 0.15) is 5.75 Å². The highest BCUT2D eigenvalue weighted by Gasteiger charge is 2.30. The number of carbonyl (C=O) groups excluding carboxylic acids is 2. The van der Waals surface area contributed by atoms with Crippen molar-refractivity contribution < 1.29 is 27.5 Å². The van der Waals surface area contributed by atoms with Gasteiger partial charge in [0.2, 0.25) is 11.8 Å². The van der Waals surface area contributed by atoms with Gasteiger partial charge < -0.3 is 15.4 Å². The number of hydrogen-bond donors (Lipinski definition) is 2. The minimum Gasteiger partial charge on any atom is -0.438 e. The van der Waals surface area contributed by atoms with E-state index in [0.717, 1.165) is 12.1 Å². The standard InChI is InChI=1S/C21H18F3N5O3/c1-29-7-6-17(28-29)16-8-12(19(31)27-14-9-18(30)25-11-14)10-26-20(16)32-15-4-2-13(3-5-15)21(22,23)24/h2-8,10,14H,9,11H2,1H3,(H,25,30)(H,27,31). The number of carbonyl (C=O) groups is 2. The molecule has 1 fully saturated rings. The van der Waals surface area contributed by atoms with E-state index >= 15 is 0 Å². The number of alkyl halides is 3. The van der Waals surface area contributed by atoms with Gasteiger partial charge in [0, 0.05) is 32.4 Å². The number of aromatic nitrogens is 3. The monoisotopic (exact) mass is 445 g/mol. The van der Waals surface area contributed by atoms with Gasteiger partial charge in [-0.3, -0.25) is 14.3 Å². The molecule has 0 spiro atoms. The lowest BCUT2D eigenvalue weighted by Gasteiger charge is -2.13. The Bertz CT molecular complexity index is 1160. The molecule has 2 aromatic heterocycles. The summed E-state index contributed by atoms with van der Waals surface area (Å²) in [6, 6.07) is 7.11. The van der Waals surface area contributed by atoms with Gasteiger partial charge in [-0.1, -0.05) is 0 Å². The summed E-state index contributed by atoms with van der Waals surface area (Å²) < 4.78 is 45.7. The Hall–Kier alpha value is -3.89. The number of halogens is 3. The molecule has 8 nitrogen and oxygen atoms in total. The van der Waals surface area contributed by atoms with Crippen LogP contribution in [0.15, 0.2) is 48.8 Å². The van der Waals surface area contributed by atoms with E-state index in [1.807, 2.05) is 0 Å². The van der Waals surface area contributed by atoms with Gasteiger partial charge in [-0.15, -0.1) is 0 Å². The molecular formula is C21H18F3N5O3. The zero-order chi connectivity index (χ0) is 22.9. The molecule has 4 rings (SSSR count). The lowest BCUT2D eigenvalue weighted by molar-refractivity contribution is -0.137. The Morgan fingerprint density at radius 3 is 2.59 bits per heavy atom. The third-order valence-corrected chi connectivity index (χ3v) is 4.81. The summed E-state index contributed by atoms with van der Waals surface area (Å²) in [5.41, 5.74) is 0.285. The number of nitrogens with zero attached hydrogens (tertiary/aromatic N) is 3. The number of hydrogen-bond acceptors (Lipinski definition) is 5. The molecule has 0 saturated carbocycles. The molecule has 166 valence electrons. The first kappa shape index (κ1) is 21.3. The van der Waals surface area contributed by atoms with Crippen LogP contribution in [0.4, 0.5) is 13.2 Å². The van der Waals surface area contributed by atoms with Gasteiger partial charge in [-0.2, -0.15) is 18.3 Å². The van der Waals surface area contributed by atoms with Crippen LogP contribution < -0.4 is 15.4 Å². The van der Waals surface area contributed by atoms with E-state index in [1.165, 1.54) is 24.4 Å². The topological polar surface area (TPSA) is 98.1 Å². The fourth-order valence-electron chi connectivity index (χ4n) is 3.20. The Balaban J connectivity index is 1.61. The van der Waals surface area contributed by atoms with Gasteiger partial charge in [0.25, 0.3) is 5.91 Å². The average molecular weight is 445 g/mol. The third kappa shape index (κ3) is 4.71. The predicted octanol–water partition coefficient (Wildman–Crippen LogP) is 2.91. The number of rotatable bonds is 5. The van der Waals surface area contributed by atoms with Crippen LogP contribution in [0.3, 0.4) is 0 Å². The summed E-state index contributed by atoms with van der Waals surface area (Å²) >= 11 is 0. The van der Waals surface area contributed by atoms with E-state index < -0.39 is 17.6 Å². The van der Waals surface area contributed by atoms with Crippen molar-refractivity contribution in [2.75, 3.05) is 6.54 Å². The van der Waals surface area contributed by atoms with Crippen LogP contribution in [-0.4, -0.2) is 39.2 Å². The van der Waals surface area contributed by atoms with Crippen LogP contribution in [0.1, 0.15) is 22.3 Å². The van der Waals surface area contributed by atoms with Crippen molar-refractivity contribution in [3.05, 3.63) is 59.9 Å². The first-order chi connectivity index (χ1) is 15.2. The van der Waals surface area contributed by atoms with Crippen molar-refractivity contribution >= 4 is 11.8 Å². The Labute approximate surface area is 180 Å². The summed E-state index contributed by atoms with van der Waals surface area (Å²) in [5, 5.41) is 9.71. The molecule has 1 atom stereocenters.